The minimum Gasteiger partial charge on any atom is -0.482 e. The molecule has 0 fully saturated rings. The lowest BCUT2D eigenvalue weighted by molar-refractivity contribution is 0.0951. The standard InChI is InChI=1S/C46H32N6O4S4/c1-43(2)29(27(21-51)37(55-43)23(17-47)18-48)11-9-25-13-33-41(57-25)39-31(45(5,6)53-33)15-35(59-39)36-16-32-40(60-36)42-34(54-46(32,7)8)14-26(58-42)10-12-30-28(22-52)38(24(19-49)20-50)56-44(30,3)4/h9-16H,1-8H3/b11-9+,12-10+. The Kier molecular flexibility index (Phi) is 9.37. The molecule has 8 rings (SSSR count). The van der Waals surface area contributed by atoms with Gasteiger partial charge in [0.1, 0.15) is 81.5 Å². The Balaban J connectivity index is 1.14. The monoisotopic (exact) mass is 860 g/mol. The molecule has 0 atom stereocenters. The Morgan fingerprint density at radius 3 is 1.17 bits per heavy atom. The highest BCUT2D eigenvalue weighted by Gasteiger charge is 2.42. The van der Waals surface area contributed by atoms with Gasteiger partial charge in [-0.05, 0) is 91.8 Å². The van der Waals surface area contributed by atoms with Crippen molar-refractivity contribution in [3.63, 3.8) is 0 Å². The smallest absolute Gasteiger partial charge is 0.172 e. The molecule has 0 bridgehead atoms. The van der Waals surface area contributed by atoms with E-state index in [9.17, 15) is 31.6 Å². The molecule has 0 aromatic carbocycles. The van der Waals surface area contributed by atoms with Crippen LogP contribution in [0.5, 0.6) is 11.5 Å². The van der Waals surface area contributed by atoms with Crippen LogP contribution >= 0.6 is 45.3 Å². The Morgan fingerprint density at radius 2 is 0.833 bits per heavy atom. The SMILES string of the molecule is CC1(C)OC(=C(C#N)C#N)C(C#N)=C1/C=C/c1cc2c(s1)-c1sc(-c3cc4c(s3)-c3sc(/C=C/C5=C(C#N)C(=C(C#N)C#N)OC5(C)C)cc3OC4(C)C)cc1C(C)(C)O2. The van der Waals surface area contributed by atoms with Crippen LogP contribution in [0.15, 0.2) is 81.4 Å². The van der Waals surface area contributed by atoms with Gasteiger partial charge in [0.15, 0.2) is 22.7 Å². The van der Waals surface area contributed by atoms with Crippen molar-refractivity contribution in [2.75, 3.05) is 0 Å². The number of nitriles is 6. The molecule has 0 unspecified atom stereocenters. The minimum absolute atomic E-state index is 0.00439. The van der Waals surface area contributed by atoms with Crippen LogP contribution < -0.4 is 9.47 Å². The quantitative estimate of drug-likeness (QED) is 0.175. The van der Waals surface area contributed by atoms with E-state index in [1.807, 2.05) is 60.7 Å². The van der Waals surface area contributed by atoms with Crippen LogP contribution in [-0.2, 0) is 20.7 Å². The maximum absolute atomic E-state index is 10.00. The molecule has 14 heteroatoms. The predicted molar refractivity (Wildman–Crippen MR) is 232 cm³/mol. The van der Waals surface area contributed by atoms with Gasteiger partial charge in [-0.25, -0.2) is 0 Å². The average molecular weight is 861 g/mol. The summed E-state index contributed by atoms with van der Waals surface area (Å²) in [5.74, 6) is 1.56. The number of hydrogen-bond acceptors (Lipinski definition) is 14. The first kappa shape index (κ1) is 40.2. The second kappa shape index (κ2) is 14.0. The van der Waals surface area contributed by atoms with Crippen molar-refractivity contribution < 1.29 is 18.9 Å². The lowest BCUT2D eigenvalue weighted by Gasteiger charge is -2.31. The molecule has 294 valence electrons. The molecule has 0 aliphatic carbocycles. The minimum atomic E-state index is -0.921. The second-order valence-electron chi connectivity index (χ2n) is 16.2. The largest absolute Gasteiger partial charge is 0.482 e. The van der Waals surface area contributed by atoms with Gasteiger partial charge < -0.3 is 18.9 Å². The van der Waals surface area contributed by atoms with Gasteiger partial charge in [-0.1, -0.05) is 12.2 Å². The fourth-order valence-corrected chi connectivity index (χ4v) is 12.6. The number of fused-ring (bicyclic) bond motifs is 6. The first-order valence-electron chi connectivity index (χ1n) is 18.5. The molecule has 0 spiro atoms. The van der Waals surface area contributed by atoms with Crippen LogP contribution in [0.2, 0.25) is 0 Å². The van der Waals surface area contributed by atoms with Crippen molar-refractivity contribution in [2.24, 2.45) is 0 Å². The molecule has 60 heavy (non-hydrogen) atoms. The Labute approximate surface area is 363 Å². The third kappa shape index (κ3) is 6.34. The van der Waals surface area contributed by atoms with E-state index in [1.165, 1.54) is 0 Å². The van der Waals surface area contributed by atoms with Gasteiger partial charge in [-0.15, -0.1) is 45.3 Å². The van der Waals surface area contributed by atoms with Gasteiger partial charge in [-0.3, -0.25) is 0 Å². The fourth-order valence-electron chi connectivity index (χ4n) is 7.63. The fraction of sp³-hybridized carbons (Fsp3) is 0.261. The van der Waals surface area contributed by atoms with E-state index in [0.717, 1.165) is 61.6 Å². The molecule has 4 aromatic rings. The van der Waals surface area contributed by atoms with Crippen molar-refractivity contribution in [3.05, 3.63) is 102 Å². The van der Waals surface area contributed by atoms with E-state index in [4.69, 9.17) is 18.9 Å². The predicted octanol–water partition coefficient (Wildman–Crippen LogP) is 12.1. The molecule has 0 N–H and O–H groups in total. The van der Waals surface area contributed by atoms with Gasteiger partial charge in [0, 0.05) is 41.8 Å². The van der Waals surface area contributed by atoms with Crippen LogP contribution in [0.3, 0.4) is 0 Å². The zero-order valence-electron chi connectivity index (χ0n) is 33.6. The summed E-state index contributed by atoms with van der Waals surface area (Å²) in [7, 11) is 0. The Bertz CT molecular complexity index is 2830. The summed E-state index contributed by atoms with van der Waals surface area (Å²) in [6.07, 6.45) is 7.47. The van der Waals surface area contributed by atoms with Gasteiger partial charge in [-0.2, -0.15) is 31.6 Å². The molecule has 0 radical (unpaired) electrons. The summed E-state index contributed by atoms with van der Waals surface area (Å²) in [4.78, 5) is 8.33. The molecule has 4 aliphatic heterocycles. The Morgan fingerprint density at radius 1 is 0.467 bits per heavy atom. The third-order valence-corrected chi connectivity index (χ3v) is 15.5. The highest BCUT2D eigenvalue weighted by Crippen LogP contribution is 2.58. The first-order chi connectivity index (χ1) is 28.4. The molecule has 0 saturated carbocycles. The summed E-state index contributed by atoms with van der Waals surface area (Å²) >= 11 is 6.63. The third-order valence-electron chi connectivity index (χ3n) is 10.5. The zero-order valence-corrected chi connectivity index (χ0v) is 36.8. The van der Waals surface area contributed by atoms with Crippen molar-refractivity contribution >= 4 is 57.5 Å². The number of thiophene rings is 4. The normalized spacial score (nSPS) is 18.3. The molecular formula is C46H32N6O4S4. The zero-order chi connectivity index (χ0) is 43.1. The molecule has 0 amide bonds. The number of ether oxygens (including phenoxy) is 4. The molecule has 10 nitrogen and oxygen atoms in total. The average Bonchev–Trinajstić information content (AvgIpc) is 4.03. The van der Waals surface area contributed by atoms with Crippen LogP contribution in [0.4, 0.5) is 0 Å². The molecule has 4 aromatic heterocycles. The van der Waals surface area contributed by atoms with Crippen LogP contribution in [0.25, 0.3) is 41.4 Å². The highest BCUT2D eigenvalue weighted by atomic mass is 32.1. The van der Waals surface area contributed by atoms with E-state index in [0.29, 0.717) is 11.1 Å². The number of nitrogens with zero attached hydrogens (tertiary/aromatic N) is 6. The van der Waals surface area contributed by atoms with Gasteiger partial charge in [0.25, 0.3) is 0 Å². The molecular weight excluding hydrogens is 829 g/mol. The maximum Gasteiger partial charge on any atom is 0.172 e. The number of allylic oxidation sites excluding steroid dienone is 4. The number of hydrogen-bond donors (Lipinski definition) is 0. The molecule has 8 heterocycles. The van der Waals surface area contributed by atoms with Crippen molar-refractivity contribution in [2.45, 2.75) is 77.8 Å². The first-order valence-corrected chi connectivity index (χ1v) is 21.8. The second-order valence-corrected chi connectivity index (χ2v) is 20.4. The van der Waals surface area contributed by atoms with Crippen molar-refractivity contribution in [1.29, 1.82) is 31.6 Å². The Hall–Kier alpha value is -6.62. The van der Waals surface area contributed by atoms with Crippen molar-refractivity contribution in [1.82, 2.24) is 0 Å². The van der Waals surface area contributed by atoms with E-state index >= 15 is 0 Å². The van der Waals surface area contributed by atoms with Gasteiger partial charge in [0.2, 0.25) is 0 Å². The highest BCUT2D eigenvalue weighted by molar-refractivity contribution is 7.29. The lowest BCUT2D eigenvalue weighted by Crippen LogP contribution is -2.27. The molecule has 0 saturated heterocycles. The van der Waals surface area contributed by atoms with E-state index in [2.05, 4.69) is 52.0 Å². The molecule has 4 aliphatic rings. The van der Waals surface area contributed by atoms with Crippen LogP contribution in [-0.4, -0.2) is 11.2 Å². The number of rotatable bonds is 5. The van der Waals surface area contributed by atoms with E-state index in [-0.39, 0.29) is 33.8 Å². The summed E-state index contributed by atoms with van der Waals surface area (Å²) < 4.78 is 25.1. The van der Waals surface area contributed by atoms with E-state index < -0.39 is 22.4 Å². The van der Waals surface area contributed by atoms with Crippen LogP contribution in [0, 0.1) is 68.0 Å². The summed E-state index contributed by atoms with van der Waals surface area (Å²) in [5.41, 5.74) is 0.150. The van der Waals surface area contributed by atoms with E-state index in [1.54, 1.807) is 73.0 Å². The topological polar surface area (TPSA) is 180 Å². The van der Waals surface area contributed by atoms with Crippen LogP contribution in [0.1, 0.15) is 76.3 Å². The summed E-state index contributed by atoms with van der Waals surface area (Å²) in [6, 6.07) is 20.1. The maximum atomic E-state index is 10.00. The van der Waals surface area contributed by atoms with Gasteiger partial charge in [0.05, 0.1) is 19.5 Å². The summed E-state index contributed by atoms with van der Waals surface area (Å²) in [6.45, 7) is 15.5. The summed E-state index contributed by atoms with van der Waals surface area (Å²) in [5, 5.41) is 57.8. The van der Waals surface area contributed by atoms with Gasteiger partial charge >= 0.3 is 0 Å². The van der Waals surface area contributed by atoms with Crippen molar-refractivity contribution in [3.8, 4) is 77.2 Å². The lowest BCUT2D eigenvalue weighted by atomic mass is 9.94.